The van der Waals surface area contributed by atoms with Crippen molar-refractivity contribution in [3.63, 3.8) is 0 Å². The van der Waals surface area contributed by atoms with Crippen LogP contribution in [-0.4, -0.2) is 27.0 Å². The van der Waals surface area contributed by atoms with E-state index in [4.69, 9.17) is 4.42 Å². The molecule has 0 N–H and O–H groups in total. The standard InChI is InChI=1S/C18H15FN4O2S.ClH/c19-13-4-1-6-15-16(13)21-18(26-15)23(17(24)14-5-2-11-25-14)9-3-8-22-10-7-20-12-22;/h1-2,4-7,10-12H,3,8-9H2;1H. The average molecular weight is 407 g/mol. The molecule has 0 aliphatic carbocycles. The topological polar surface area (TPSA) is 64.2 Å². The summed E-state index contributed by atoms with van der Waals surface area (Å²) in [4.78, 5) is 22.7. The van der Waals surface area contributed by atoms with E-state index in [0.717, 1.165) is 0 Å². The van der Waals surface area contributed by atoms with Crippen LogP contribution in [0.2, 0.25) is 0 Å². The van der Waals surface area contributed by atoms with Crippen LogP contribution < -0.4 is 4.90 Å². The molecule has 0 radical (unpaired) electrons. The smallest absolute Gasteiger partial charge is 0.295 e. The van der Waals surface area contributed by atoms with Gasteiger partial charge in [-0.2, -0.15) is 0 Å². The van der Waals surface area contributed by atoms with Crippen LogP contribution in [0.3, 0.4) is 0 Å². The monoisotopic (exact) mass is 406 g/mol. The Kier molecular flexibility index (Phi) is 5.88. The maximum absolute atomic E-state index is 14.0. The Labute approximate surface area is 164 Å². The predicted octanol–water partition coefficient (Wildman–Crippen LogP) is 4.38. The van der Waals surface area contributed by atoms with Crippen molar-refractivity contribution in [2.24, 2.45) is 0 Å². The highest BCUT2D eigenvalue weighted by atomic mass is 35.5. The quantitative estimate of drug-likeness (QED) is 0.476. The molecule has 140 valence electrons. The van der Waals surface area contributed by atoms with Crippen molar-refractivity contribution in [3.8, 4) is 0 Å². The van der Waals surface area contributed by atoms with Gasteiger partial charge in [-0.1, -0.05) is 17.4 Å². The van der Waals surface area contributed by atoms with Crippen LogP contribution in [0.15, 0.2) is 59.7 Å². The summed E-state index contributed by atoms with van der Waals surface area (Å²) >= 11 is 1.29. The van der Waals surface area contributed by atoms with E-state index in [0.29, 0.717) is 29.3 Å². The molecule has 3 heterocycles. The summed E-state index contributed by atoms with van der Waals surface area (Å²) in [6.07, 6.45) is 7.45. The number of carbonyl (C=O) groups is 1. The van der Waals surface area contributed by atoms with Crippen molar-refractivity contribution in [1.29, 1.82) is 0 Å². The molecule has 0 saturated heterocycles. The van der Waals surface area contributed by atoms with Crippen LogP contribution in [0, 0.1) is 5.82 Å². The van der Waals surface area contributed by atoms with Gasteiger partial charge in [0.2, 0.25) is 0 Å². The fourth-order valence-corrected chi connectivity index (χ4v) is 3.67. The lowest BCUT2D eigenvalue weighted by molar-refractivity contribution is 0.0959. The van der Waals surface area contributed by atoms with E-state index in [1.54, 1.807) is 41.7 Å². The molecule has 4 rings (SSSR count). The number of carbonyl (C=O) groups excluding carboxylic acids is 1. The molecule has 0 unspecified atom stereocenters. The molecule has 0 bridgehead atoms. The highest BCUT2D eigenvalue weighted by Crippen LogP contribution is 2.31. The van der Waals surface area contributed by atoms with Crippen LogP contribution in [0.5, 0.6) is 0 Å². The number of thiazole rings is 1. The number of imidazole rings is 1. The zero-order valence-electron chi connectivity index (χ0n) is 14.1. The number of amides is 1. The molecule has 4 aromatic rings. The molecule has 0 aliphatic heterocycles. The third-order valence-corrected chi connectivity index (χ3v) is 4.97. The van der Waals surface area contributed by atoms with Crippen LogP contribution in [0.25, 0.3) is 10.2 Å². The first kappa shape index (κ1) is 19.1. The van der Waals surface area contributed by atoms with E-state index in [9.17, 15) is 9.18 Å². The number of hydrogen-bond acceptors (Lipinski definition) is 5. The molecule has 1 amide bonds. The van der Waals surface area contributed by atoms with Gasteiger partial charge < -0.3 is 8.98 Å². The average Bonchev–Trinajstić information content (AvgIpc) is 3.39. The van der Waals surface area contributed by atoms with Gasteiger partial charge in [-0.15, -0.1) is 12.4 Å². The van der Waals surface area contributed by atoms with Crippen molar-refractivity contribution < 1.29 is 13.6 Å². The van der Waals surface area contributed by atoms with Gasteiger partial charge in [0, 0.05) is 25.5 Å². The molecular weight excluding hydrogens is 391 g/mol. The van der Waals surface area contributed by atoms with E-state index in [-0.39, 0.29) is 29.6 Å². The number of fused-ring (bicyclic) bond motifs is 1. The molecular formula is C18H16ClFN4O2S. The first-order valence-electron chi connectivity index (χ1n) is 8.08. The number of benzene rings is 1. The first-order chi connectivity index (χ1) is 12.7. The molecule has 9 heteroatoms. The summed E-state index contributed by atoms with van der Waals surface area (Å²) in [6.45, 7) is 1.14. The highest BCUT2D eigenvalue weighted by Gasteiger charge is 2.23. The van der Waals surface area contributed by atoms with Gasteiger partial charge in [0.05, 0.1) is 17.3 Å². The zero-order valence-corrected chi connectivity index (χ0v) is 15.8. The number of para-hydroxylation sites is 1. The molecule has 0 saturated carbocycles. The summed E-state index contributed by atoms with van der Waals surface area (Å²) in [7, 11) is 0. The van der Waals surface area contributed by atoms with Gasteiger partial charge in [-0.25, -0.2) is 14.4 Å². The van der Waals surface area contributed by atoms with Gasteiger partial charge in [-0.05, 0) is 30.7 Å². The SMILES string of the molecule is Cl.O=C(c1ccco1)N(CCCn1ccnc1)c1nc2c(F)cccc2s1. The Bertz CT molecular complexity index is 1020. The lowest BCUT2D eigenvalue weighted by atomic mass is 10.3. The van der Waals surface area contributed by atoms with Crippen LogP contribution in [0.4, 0.5) is 9.52 Å². The third-order valence-electron chi connectivity index (χ3n) is 3.92. The largest absolute Gasteiger partial charge is 0.459 e. The molecule has 0 spiro atoms. The molecule has 1 aromatic carbocycles. The normalized spacial score (nSPS) is 10.7. The van der Waals surface area contributed by atoms with Gasteiger partial charge in [0.25, 0.3) is 5.91 Å². The number of aryl methyl sites for hydroxylation is 1. The summed E-state index contributed by atoms with van der Waals surface area (Å²) in [5.74, 6) is -0.457. The maximum Gasteiger partial charge on any atom is 0.295 e. The molecule has 0 aliphatic rings. The second-order valence-corrected chi connectivity index (χ2v) is 6.68. The minimum Gasteiger partial charge on any atom is -0.459 e. The lowest BCUT2D eigenvalue weighted by Crippen LogP contribution is -2.32. The van der Waals surface area contributed by atoms with Gasteiger partial charge >= 0.3 is 0 Å². The van der Waals surface area contributed by atoms with Crippen molar-refractivity contribution in [2.45, 2.75) is 13.0 Å². The molecule has 27 heavy (non-hydrogen) atoms. The number of furan rings is 1. The second-order valence-electron chi connectivity index (χ2n) is 5.67. The number of hydrogen-bond donors (Lipinski definition) is 0. The third kappa shape index (κ3) is 4.01. The molecule has 3 aromatic heterocycles. The minimum absolute atomic E-state index is 0. The molecule has 0 atom stereocenters. The summed E-state index contributed by atoms with van der Waals surface area (Å²) in [6, 6.07) is 8.07. The molecule has 6 nitrogen and oxygen atoms in total. The Hall–Kier alpha value is -2.71. The number of nitrogens with zero attached hydrogens (tertiary/aromatic N) is 4. The van der Waals surface area contributed by atoms with E-state index in [1.807, 2.05) is 10.8 Å². The zero-order chi connectivity index (χ0) is 17.9. The Morgan fingerprint density at radius 3 is 2.89 bits per heavy atom. The summed E-state index contributed by atoms with van der Waals surface area (Å²) in [5.41, 5.74) is 0.277. The van der Waals surface area contributed by atoms with Crippen molar-refractivity contribution >= 4 is 45.0 Å². The Morgan fingerprint density at radius 1 is 1.30 bits per heavy atom. The van der Waals surface area contributed by atoms with E-state index in [2.05, 4.69) is 9.97 Å². The number of halogens is 2. The summed E-state index contributed by atoms with van der Waals surface area (Å²) < 4.78 is 21.9. The van der Waals surface area contributed by atoms with E-state index >= 15 is 0 Å². The van der Waals surface area contributed by atoms with Crippen LogP contribution >= 0.6 is 23.7 Å². The summed E-state index contributed by atoms with van der Waals surface area (Å²) in [5, 5.41) is 0.456. The Balaban J connectivity index is 0.00000210. The lowest BCUT2D eigenvalue weighted by Gasteiger charge is -2.18. The highest BCUT2D eigenvalue weighted by molar-refractivity contribution is 7.22. The van der Waals surface area contributed by atoms with Gasteiger partial charge in [-0.3, -0.25) is 9.69 Å². The number of aromatic nitrogens is 3. The second kappa shape index (κ2) is 8.32. The first-order valence-corrected chi connectivity index (χ1v) is 8.90. The molecule has 0 fully saturated rings. The number of anilines is 1. The van der Waals surface area contributed by atoms with Gasteiger partial charge in [0.15, 0.2) is 10.9 Å². The minimum atomic E-state index is -0.395. The van der Waals surface area contributed by atoms with Crippen LogP contribution in [-0.2, 0) is 6.54 Å². The van der Waals surface area contributed by atoms with Crippen molar-refractivity contribution in [1.82, 2.24) is 14.5 Å². The van der Waals surface area contributed by atoms with Crippen molar-refractivity contribution in [3.05, 3.63) is 66.9 Å². The fourth-order valence-electron chi connectivity index (χ4n) is 2.67. The van der Waals surface area contributed by atoms with Gasteiger partial charge in [0.1, 0.15) is 11.3 Å². The van der Waals surface area contributed by atoms with E-state index in [1.165, 1.54) is 23.7 Å². The predicted molar refractivity (Wildman–Crippen MR) is 104 cm³/mol. The van der Waals surface area contributed by atoms with Crippen LogP contribution in [0.1, 0.15) is 17.0 Å². The van der Waals surface area contributed by atoms with E-state index < -0.39 is 5.82 Å². The van der Waals surface area contributed by atoms with Crippen molar-refractivity contribution in [2.75, 3.05) is 11.4 Å². The fraction of sp³-hybridized carbons (Fsp3) is 0.167. The maximum atomic E-state index is 14.0. The number of rotatable bonds is 6. The Morgan fingerprint density at radius 2 is 2.19 bits per heavy atom.